The van der Waals surface area contributed by atoms with Gasteiger partial charge < -0.3 is 9.84 Å². The van der Waals surface area contributed by atoms with E-state index in [1.54, 1.807) is 0 Å². The van der Waals surface area contributed by atoms with E-state index in [2.05, 4.69) is 6.92 Å². The van der Waals surface area contributed by atoms with Crippen molar-refractivity contribution >= 4 is 73.4 Å². The zero-order valence-corrected chi connectivity index (χ0v) is 15.9. The predicted octanol–water partition coefficient (Wildman–Crippen LogP) is 3.28. The number of benzene rings is 1. The monoisotopic (exact) mass is 426 g/mol. The van der Waals surface area contributed by atoms with Gasteiger partial charge in [0.2, 0.25) is 0 Å². The van der Waals surface area contributed by atoms with Crippen molar-refractivity contribution in [3.8, 4) is 0 Å². The number of carbonyl (C=O) groups is 2. The summed E-state index contributed by atoms with van der Waals surface area (Å²) < 4.78 is 37.9. The minimum atomic E-state index is -4.77. The number of rotatable bonds is 11. The molecule has 148 valence electrons. The molecule has 1 unspecified atom stereocenters. The van der Waals surface area contributed by atoms with E-state index < -0.39 is 27.0 Å². The van der Waals surface area contributed by atoms with Gasteiger partial charge >= 0.3 is 63.3 Å². The van der Waals surface area contributed by atoms with Gasteiger partial charge in [0, 0.05) is 0 Å². The predicted molar refractivity (Wildman–Crippen MR) is 103 cm³/mol. The second-order valence-electron chi connectivity index (χ2n) is 6.16. The molecule has 0 saturated heterocycles. The Morgan fingerprint density at radius 1 is 1.07 bits per heavy atom. The third kappa shape index (κ3) is 9.16. The van der Waals surface area contributed by atoms with Crippen molar-refractivity contribution in [2.45, 2.75) is 69.8 Å². The summed E-state index contributed by atoms with van der Waals surface area (Å²) in [6, 6.07) is 2.91. The molecule has 2 N–H and O–H groups in total. The number of hydrogen-bond acceptors (Lipinski definition) is 5. The Bertz CT molecular complexity index is 731. The Morgan fingerprint density at radius 2 is 1.67 bits per heavy atom. The number of aromatic carboxylic acids is 1. The second kappa shape index (κ2) is 13.0. The molecule has 0 heterocycles. The van der Waals surface area contributed by atoms with Gasteiger partial charge in [0.25, 0.3) is 10.1 Å². The first-order valence-electron chi connectivity index (χ1n) is 8.76. The van der Waals surface area contributed by atoms with Crippen LogP contribution in [0.5, 0.6) is 0 Å². The number of hydrogen-bond donors (Lipinski definition) is 2. The van der Waals surface area contributed by atoms with Crippen LogP contribution in [0.15, 0.2) is 23.1 Å². The van der Waals surface area contributed by atoms with Gasteiger partial charge in [-0.1, -0.05) is 39.5 Å². The van der Waals surface area contributed by atoms with E-state index in [1.807, 2.05) is 6.92 Å². The fourth-order valence-electron chi connectivity index (χ4n) is 2.57. The summed E-state index contributed by atoms with van der Waals surface area (Å²) in [5.41, 5.74) is -0.714. The maximum absolute atomic E-state index is 12.5. The summed E-state index contributed by atoms with van der Waals surface area (Å²) >= 11 is 0. The number of unbranched alkanes of at least 4 members (excludes halogenated alkanes) is 3. The van der Waals surface area contributed by atoms with Crippen LogP contribution in [0.4, 0.5) is 0 Å². The molecular formula is C18H27KO7S. The van der Waals surface area contributed by atoms with Gasteiger partial charge in [-0.25, -0.2) is 9.59 Å². The average molecular weight is 427 g/mol. The third-order valence-electron chi connectivity index (χ3n) is 4.01. The number of carbonyl (C=O) groups excluding carboxylic acids is 1. The minimum absolute atomic E-state index is 0. The van der Waals surface area contributed by atoms with Crippen LogP contribution in [0.2, 0.25) is 0 Å². The average Bonchev–Trinajstić information content (AvgIpc) is 2.58. The molecule has 0 bridgehead atoms. The molecule has 1 aromatic carbocycles. The van der Waals surface area contributed by atoms with E-state index in [9.17, 15) is 22.6 Å². The Kier molecular flexibility index (Phi) is 12.9. The summed E-state index contributed by atoms with van der Waals surface area (Å²) in [5.74, 6) is -2.25. The van der Waals surface area contributed by atoms with Crippen LogP contribution in [0.25, 0.3) is 0 Å². The Balaban J connectivity index is 0.00000676. The molecule has 0 aliphatic carbocycles. The first-order chi connectivity index (χ1) is 12.2. The number of esters is 1. The summed E-state index contributed by atoms with van der Waals surface area (Å²) in [6.45, 7) is 4.08. The van der Waals surface area contributed by atoms with Gasteiger partial charge in [-0.15, -0.1) is 0 Å². The van der Waals surface area contributed by atoms with Crippen LogP contribution < -0.4 is 0 Å². The normalized spacial score (nSPS) is 12.1. The molecule has 0 aliphatic heterocycles. The molecule has 0 amide bonds. The Morgan fingerprint density at radius 3 is 2.19 bits per heavy atom. The van der Waals surface area contributed by atoms with Crippen LogP contribution in [0.1, 0.15) is 79.5 Å². The van der Waals surface area contributed by atoms with Crippen LogP contribution in [-0.4, -0.2) is 87.5 Å². The molecule has 0 spiro atoms. The van der Waals surface area contributed by atoms with Crippen LogP contribution in [0, 0.1) is 0 Å². The zero-order valence-electron chi connectivity index (χ0n) is 15.1. The van der Waals surface area contributed by atoms with Crippen molar-refractivity contribution in [1.29, 1.82) is 0 Å². The molecule has 0 radical (unpaired) electrons. The number of ether oxygens (including phenoxy) is 1. The molecule has 0 aliphatic rings. The first kappa shape index (κ1) is 26.7. The SMILES string of the molecule is CCCCCC(CCCC)OC(=O)c1ccc(C(=O)O)cc1S(=O)(=O)O.[KH]. The first-order valence-corrected chi connectivity index (χ1v) is 10.2. The van der Waals surface area contributed by atoms with Crippen molar-refractivity contribution in [2.24, 2.45) is 0 Å². The second-order valence-corrected chi connectivity index (χ2v) is 7.55. The van der Waals surface area contributed by atoms with Crippen molar-refractivity contribution in [3.63, 3.8) is 0 Å². The summed E-state index contributed by atoms with van der Waals surface area (Å²) in [7, 11) is -4.77. The molecule has 9 heteroatoms. The molecular weight excluding hydrogens is 399 g/mol. The topological polar surface area (TPSA) is 118 Å². The molecule has 0 aromatic heterocycles. The van der Waals surface area contributed by atoms with E-state index in [4.69, 9.17) is 9.84 Å². The zero-order chi connectivity index (χ0) is 19.7. The van der Waals surface area contributed by atoms with Gasteiger partial charge in [-0.05, 0) is 37.5 Å². The fourth-order valence-corrected chi connectivity index (χ4v) is 3.27. The Labute approximate surface area is 203 Å². The summed E-state index contributed by atoms with van der Waals surface area (Å²) in [5, 5.41) is 8.97. The van der Waals surface area contributed by atoms with Crippen molar-refractivity contribution in [2.75, 3.05) is 0 Å². The van der Waals surface area contributed by atoms with Gasteiger partial charge in [0.1, 0.15) is 11.0 Å². The van der Waals surface area contributed by atoms with Crippen LogP contribution in [-0.2, 0) is 14.9 Å². The van der Waals surface area contributed by atoms with Gasteiger partial charge in [-0.2, -0.15) is 8.42 Å². The van der Waals surface area contributed by atoms with E-state index in [1.165, 1.54) is 0 Å². The standard InChI is InChI=1S/C18H26O7S.K.H/c1-3-5-7-9-14(8-6-4-2)25-18(21)15-11-10-13(17(19)20)12-16(15)26(22,23)24;;/h10-12,14H,3-9H2,1-2H3,(H,19,20)(H,22,23,24);;. The van der Waals surface area contributed by atoms with E-state index in [0.717, 1.165) is 50.3 Å². The fraction of sp³-hybridized carbons (Fsp3) is 0.556. The van der Waals surface area contributed by atoms with Crippen LogP contribution in [0.3, 0.4) is 0 Å². The molecule has 0 fully saturated rings. The maximum atomic E-state index is 12.5. The van der Waals surface area contributed by atoms with E-state index >= 15 is 0 Å². The van der Waals surface area contributed by atoms with Crippen LogP contribution >= 0.6 is 0 Å². The van der Waals surface area contributed by atoms with Crippen molar-refractivity contribution in [3.05, 3.63) is 29.3 Å². The summed E-state index contributed by atoms with van der Waals surface area (Å²) in [6.07, 6.45) is 5.72. The number of carboxylic acids is 1. The summed E-state index contributed by atoms with van der Waals surface area (Å²) in [4.78, 5) is 22.7. The Hall–Kier alpha value is -0.294. The quantitative estimate of drug-likeness (QED) is 0.241. The molecule has 1 atom stereocenters. The van der Waals surface area contributed by atoms with Crippen molar-refractivity contribution in [1.82, 2.24) is 0 Å². The van der Waals surface area contributed by atoms with Gasteiger partial charge in [-0.3, -0.25) is 4.55 Å². The van der Waals surface area contributed by atoms with Crippen molar-refractivity contribution < 1.29 is 32.4 Å². The van der Waals surface area contributed by atoms with E-state index in [0.29, 0.717) is 12.8 Å². The van der Waals surface area contributed by atoms with E-state index in [-0.39, 0.29) is 68.6 Å². The molecule has 1 rings (SSSR count). The molecule has 7 nitrogen and oxygen atoms in total. The number of carboxylic acid groups (broad SMARTS) is 1. The van der Waals surface area contributed by atoms with Gasteiger partial charge in [0.05, 0.1) is 11.1 Å². The van der Waals surface area contributed by atoms with Gasteiger partial charge in [0.15, 0.2) is 0 Å². The molecule has 27 heavy (non-hydrogen) atoms. The molecule has 1 aromatic rings. The third-order valence-corrected chi connectivity index (χ3v) is 4.90. The molecule has 0 saturated carbocycles.